The van der Waals surface area contributed by atoms with Crippen LogP contribution >= 0.6 is 7.75 Å². The van der Waals surface area contributed by atoms with Crippen molar-refractivity contribution in [3.63, 3.8) is 0 Å². The molecule has 0 spiro atoms. The quantitative estimate of drug-likeness (QED) is 0.161. The number of ether oxygens (including phenoxy) is 2. The van der Waals surface area contributed by atoms with Gasteiger partial charge in [-0.1, -0.05) is 24.3 Å². The first-order valence-corrected chi connectivity index (χ1v) is 11.6. The number of urea groups is 1. The summed E-state index contributed by atoms with van der Waals surface area (Å²) in [6.45, 7) is 2.80. The lowest BCUT2D eigenvalue weighted by molar-refractivity contribution is -0.142. The number of carbonyl (C=O) groups excluding carboxylic acids is 3. The number of amides is 2. The predicted octanol–water partition coefficient (Wildman–Crippen LogP) is 2.37. The number of carbonyl (C=O) groups is 3. The molecule has 1 aliphatic rings. The molecule has 0 saturated heterocycles. The molecule has 0 bridgehead atoms. The van der Waals surface area contributed by atoms with Crippen molar-refractivity contribution in [2.45, 2.75) is 32.2 Å². The number of rotatable bonds is 11. The molecule has 1 aliphatic heterocycles. The van der Waals surface area contributed by atoms with E-state index in [-0.39, 0.29) is 12.4 Å². The second-order valence-corrected chi connectivity index (χ2v) is 8.67. The van der Waals surface area contributed by atoms with Gasteiger partial charge < -0.3 is 19.3 Å². The molecule has 180 valence electrons. The molecule has 3 unspecified atom stereocenters. The second-order valence-electron chi connectivity index (χ2n) is 6.97. The van der Waals surface area contributed by atoms with Crippen molar-refractivity contribution < 1.29 is 37.5 Å². The van der Waals surface area contributed by atoms with Gasteiger partial charge in [0, 0.05) is 18.8 Å². The van der Waals surface area contributed by atoms with Crippen LogP contribution in [0.1, 0.15) is 13.8 Å². The van der Waals surface area contributed by atoms with Crippen LogP contribution in [0.2, 0.25) is 0 Å². The zero-order valence-electron chi connectivity index (χ0n) is 18.8. The fourth-order valence-electron chi connectivity index (χ4n) is 2.72. The number of nitrogens with zero attached hydrogens (tertiary/aromatic N) is 1. The minimum absolute atomic E-state index is 0.212. The third-order valence-electron chi connectivity index (χ3n) is 4.34. The van der Waals surface area contributed by atoms with Crippen LogP contribution in [0, 0.1) is 0 Å². The summed E-state index contributed by atoms with van der Waals surface area (Å²) in [5.74, 6) is -0.377. The van der Waals surface area contributed by atoms with E-state index in [1.54, 1.807) is 49.4 Å². The number of methoxy groups -OCH3 is 1. The number of hydrogen-bond acceptors (Lipinski definition) is 8. The van der Waals surface area contributed by atoms with E-state index in [2.05, 4.69) is 15.1 Å². The first kappa shape index (κ1) is 26.3. The average molecular weight is 481 g/mol. The highest BCUT2D eigenvalue weighted by atomic mass is 31.2. The minimum atomic E-state index is -4.03. The predicted molar refractivity (Wildman–Crippen MR) is 119 cm³/mol. The van der Waals surface area contributed by atoms with Crippen molar-refractivity contribution in [3.05, 3.63) is 54.3 Å². The van der Waals surface area contributed by atoms with Crippen molar-refractivity contribution in [2.75, 3.05) is 20.8 Å². The Morgan fingerprint density at radius 1 is 1.27 bits per heavy atom. The molecule has 11 nitrogen and oxygen atoms in total. The van der Waals surface area contributed by atoms with Crippen molar-refractivity contribution in [2.24, 2.45) is 0 Å². The molecular weight excluding hydrogens is 453 g/mol. The maximum Gasteiger partial charge on any atom is 0.459 e. The summed E-state index contributed by atoms with van der Waals surface area (Å²) in [4.78, 5) is 36.1. The standard InChI is InChI=1S/C21H28N3O8P/c1-15(13-25)12-24(21(27)22-3)19-11-10-18(31-19)14-30-33(28,23-16(2)20(26)29-4)32-17-8-6-5-7-9-17/h5-13,16,18-19H,14H2,1-4H3,(H,22,27)(H,23,28)/b15-12-/t16-,18?,19?,33?/m0/s1. The summed E-state index contributed by atoms with van der Waals surface area (Å²) in [6.07, 6.45) is 3.69. The lowest BCUT2D eigenvalue weighted by Gasteiger charge is -2.26. The van der Waals surface area contributed by atoms with E-state index in [4.69, 9.17) is 13.8 Å². The van der Waals surface area contributed by atoms with Gasteiger partial charge in [-0.2, -0.15) is 5.09 Å². The second kappa shape index (κ2) is 12.3. The van der Waals surface area contributed by atoms with Crippen molar-refractivity contribution in [1.29, 1.82) is 0 Å². The Morgan fingerprint density at radius 3 is 2.58 bits per heavy atom. The zero-order chi connectivity index (χ0) is 24.4. The van der Waals surface area contributed by atoms with Gasteiger partial charge in [0.05, 0.1) is 13.7 Å². The largest absolute Gasteiger partial charge is 0.468 e. The Morgan fingerprint density at radius 2 is 1.97 bits per heavy atom. The van der Waals surface area contributed by atoms with Crippen LogP contribution in [0.3, 0.4) is 0 Å². The van der Waals surface area contributed by atoms with Gasteiger partial charge in [-0.05, 0) is 32.1 Å². The molecule has 1 aromatic rings. The summed E-state index contributed by atoms with van der Waals surface area (Å²) < 4.78 is 34.9. The third-order valence-corrected chi connectivity index (χ3v) is 5.98. The number of aldehydes is 1. The lowest BCUT2D eigenvalue weighted by atomic mass is 10.3. The molecule has 0 aliphatic carbocycles. The van der Waals surface area contributed by atoms with Crippen LogP contribution in [-0.4, -0.2) is 62.3 Å². The molecule has 2 rings (SSSR count). The molecule has 0 aromatic heterocycles. The van der Waals surface area contributed by atoms with Crippen molar-refractivity contribution in [3.8, 4) is 5.75 Å². The van der Waals surface area contributed by atoms with Crippen LogP contribution in [0.5, 0.6) is 5.75 Å². The summed E-state index contributed by atoms with van der Waals surface area (Å²) >= 11 is 0. The molecular formula is C21H28N3O8P. The Kier molecular flexibility index (Phi) is 9.80. The number of esters is 1. The fourth-order valence-corrected chi connectivity index (χ4v) is 4.22. The minimum Gasteiger partial charge on any atom is -0.468 e. The molecule has 33 heavy (non-hydrogen) atoms. The number of para-hydroxylation sites is 1. The average Bonchev–Trinajstić information content (AvgIpc) is 3.29. The summed E-state index contributed by atoms with van der Waals surface area (Å²) in [5, 5.41) is 5.02. The van der Waals surface area contributed by atoms with Crippen molar-refractivity contribution in [1.82, 2.24) is 15.3 Å². The van der Waals surface area contributed by atoms with Gasteiger partial charge in [0.1, 0.15) is 24.2 Å². The Hall–Kier alpha value is -2.98. The SMILES string of the molecule is CNC(=O)N(/C=C(/C)C=O)C1C=CC(COP(=O)(N[C@@H](C)C(=O)OC)Oc2ccccc2)O1. The van der Waals surface area contributed by atoms with E-state index in [1.807, 2.05) is 0 Å². The molecule has 0 saturated carbocycles. The summed E-state index contributed by atoms with van der Waals surface area (Å²) in [5.41, 5.74) is 0.317. The van der Waals surface area contributed by atoms with Crippen LogP contribution in [0.4, 0.5) is 4.79 Å². The number of hydrogen-bond donors (Lipinski definition) is 2. The van der Waals surface area contributed by atoms with Crippen LogP contribution in [-0.2, 0) is 28.2 Å². The first-order valence-electron chi connectivity index (χ1n) is 10.0. The van der Waals surface area contributed by atoms with Crippen LogP contribution in [0.25, 0.3) is 0 Å². The molecule has 1 heterocycles. The molecule has 0 radical (unpaired) electrons. The molecule has 1 aromatic carbocycles. The highest BCUT2D eigenvalue weighted by Gasteiger charge is 2.34. The van der Waals surface area contributed by atoms with Crippen LogP contribution in [0.15, 0.2) is 54.3 Å². The first-order chi connectivity index (χ1) is 15.7. The van der Waals surface area contributed by atoms with E-state index in [0.717, 1.165) is 0 Å². The molecule has 4 atom stereocenters. The van der Waals surface area contributed by atoms with Gasteiger partial charge in [-0.15, -0.1) is 0 Å². The lowest BCUT2D eigenvalue weighted by Crippen LogP contribution is -2.42. The molecule has 2 amide bonds. The van der Waals surface area contributed by atoms with Gasteiger partial charge in [0.25, 0.3) is 0 Å². The smallest absolute Gasteiger partial charge is 0.459 e. The summed E-state index contributed by atoms with van der Waals surface area (Å²) in [7, 11) is -1.37. The Bertz CT molecular complexity index is 937. The number of allylic oxidation sites excluding steroid dienone is 1. The number of benzene rings is 1. The molecule has 2 N–H and O–H groups in total. The van der Waals surface area contributed by atoms with E-state index < -0.39 is 38.1 Å². The van der Waals surface area contributed by atoms with Gasteiger partial charge in [0.2, 0.25) is 0 Å². The van der Waals surface area contributed by atoms with Crippen molar-refractivity contribution >= 4 is 26.0 Å². The van der Waals surface area contributed by atoms with E-state index in [1.165, 1.54) is 32.2 Å². The Balaban J connectivity index is 2.10. The van der Waals surface area contributed by atoms with Gasteiger partial charge in [0.15, 0.2) is 6.23 Å². The fraction of sp³-hybridized carbons (Fsp3) is 0.381. The van der Waals surface area contributed by atoms with Gasteiger partial charge in [-0.25, -0.2) is 9.36 Å². The van der Waals surface area contributed by atoms with Gasteiger partial charge >= 0.3 is 19.7 Å². The topological polar surface area (TPSA) is 132 Å². The van der Waals surface area contributed by atoms with E-state index in [0.29, 0.717) is 11.9 Å². The number of nitrogens with one attached hydrogen (secondary N) is 2. The molecule has 0 fully saturated rings. The van der Waals surface area contributed by atoms with E-state index in [9.17, 15) is 18.9 Å². The third kappa shape index (κ3) is 7.83. The monoisotopic (exact) mass is 481 g/mol. The molecule has 12 heteroatoms. The highest BCUT2D eigenvalue weighted by Crippen LogP contribution is 2.45. The highest BCUT2D eigenvalue weighted by molar-refractivity contribution is 7.52. The maximum atomic E-state index is 13.4. The van der Waals surface area contributed by atoms with E-state index >= 15 is 0 Å². The Labute approximate surface area is 192 Å². The normalized spacial score (nSPS) is 20.4. The maximum absolute atomic E-state index is 13.4. The summed E-state index contributed by atoms with van der Waals surface area (Å²) in [6, 6.07) is 6.87. The van der Waals surface area contributed by atoms with Crippen LogP contribution < -0.4 is 14.9 Å². The van der Waals surface area contributed by atoms with Gasteiger partial charge in [-0.3, -0.25) is 19.0 Å². The zero-order valence-corrected chi connectivity index (χ0v) is 19.7.